The maximum Gasteiger partial charge on any atom is 0.0717 e. The number of hydrogen-bond acceptors (Lipinski definition) is 5. The van der Waals surface area contributed by atoms with Crippen molar-refractivity contribution in [1.29, 1.82) is 0 Å². The van der Waals surface area contributed by atoms with Gasteiger partial charge in [-0.15, -0.1) is 0 Å². The maximum atomic E-state index is 10.0. The lowest BCUT2D eigenvalue weighted by Crippen LogP contribution is -2.60. The molecular formula is C24H33NO4. The van der Waals surface area contributed by atoms with Gasteiger partial charge in [-0.25, -0.2) is 0 Å². The average Bonchev–Trinajstić information content (AvgIpc) is 2.76. The molecule has 5 heteroatoms. The van der Waals surface area contributed by atoms with Crippen molar-refractivity contribution in [1.82, 2.24) is 5.32 Å². The van der Waals surface area contributed by atoms with Crippen LogP contribution in [0, 0.1) is 17.8 Å². The van der Waals surface area contributed by atoms with Gasteiger partial charge < -0.3 is 25.0 Å². The maximum absolute atomic E-state index is 10.0. The molecule has 0 saturated carbocycles. The van der Waals surface area contributed by atoms with Crippen molar-refractivity contribution in [3.05, 3.63) is 71.8 Å². The van der Waals surface area contributed by atoms with E-state index in [-0.39, 0.29) is 43.1 Å². The minimum absolute atomic E-state index is 0.0387. The lowest BCUT2D eigenvalue weighted by atomic mass is 9.72. The molecule has 0 unspecified atom stereocenters. The quantitative estimate of drug-likeness (QED) is 0.573. The van der Waals surface area contributed by atoms with Crippen molar-refractivity contribution < 1.29 is 19.7 Å². The fourth-order valence-electron chi connectivity index (χ4n) is 4.31. The summed E-state index contributed by atoms with van der Waals surface area (Å²) in [6, 6.07) is 20.2. The van der Waals surface area contributed by atoms with Crippen LogP contribution in [0.25, 0.3) is 0 Å². The SMILES string of the molecule is C[C@H]1N[C@@H](CO)[C@@H](COCc2ccccc2)[C@@H](COCc2ccccc2)[C@H]1CO. The molecule has 0 amide bonds. The van der Waals surface area contributed by atoms with Crippen LogP contribution in [0.1, 0.15) is 18.1 Å². The van der Waals surface area contributed by atoms with Gasteiger partial charge in [0.2, 0.25) is 0 Å². The second-order valence-electron chi connectivity index (χ2n) is 7.92. The fraction of sp³-hybridized carbons (Fsp3) is 0.500. The molecule has 0 bridgehead atoms. The van der Waals surface area contributed by atoms with Gasteiger partial charge in [0.05, 0.1) is 33.0 Å². The Balaban J connectivity index is 1.63. The Morgan fingerprint density at radius 1 is 0.724 bits per heavy atom. The van der Waals surface area contributed by atoms with Gasteiger partial charge in [-0.1, -0.05) is 60.7 Å². The Hall–Kier alpha value is -1.76. The van der Waals surface area contributed by atoms with Crippen molar-refractivity contribution in [2.24, 2.45) is 17.8 Å². The summed E-state index contributed by atoms with van der Waals surface area (Å²) in [5.41, 5.74) is 2.26. The van der Waals surface area contributed by atoms with Crippen LogP contribution in [-0.2, 0) is 22.7 Å². The molecule has 1 fully saturated rings. The van der Waals surface area contributed by atoms with Crippen LogP contribution in [-0.4, -0.2) is 48.7 Å². The van der Waals surface area contributed by atoms with Gasteiger partial charge in [-0.05, 0) is 24.0 Å². The van der Waals surface area contributed by atoms with Gasteiger partial charge in [0.25, 0.3) is 0 Å². The smallest absolute Gasteiger partial charge is 0.0717 e. The highest BCUT2D eigenvalue weighted by Gasteiger charge is 2.42. The Morgan fingerprint density at radius 3 is 1.72 bits per heavy atom. The molecule has 3 N–H and O–H groups in total. The summed E-state index contributed by atoms with van der Waals surface area (Å²) in [5.74, 6) is 0.222. The average molecular weight is 400 g/mol. The molecule has 1 aliphatic heterocycles. The van der Waals surface area contributed by atoms with Crippen molar-refractivity contribution in [2.45, 2.75) is 32.2 Å². The fourth-order valence-corrected chi connectivity index (χ4v) is 4.31. The molecule has 0 spiro atoms. The Morgan fingerprint density at radius 2 is 1.24 bits per heavy atom. The van der Waals surface area contributed by atoms with Gasteiger partial charge in [0, 0.05) is 30.5 Å². The molecule has 5 atom stereocenters. The molecule has 158 valence electrons. The zero-order valence-corrected chi connectivity index (χ0v) is 17.1. The molecule has 3 rings (SSSR count). The first-order chi connectivity index (χ1) is 14.2. The highest BCUT2D eigenvalue weighted by molar-refractivity contribution is 5.14. The van der Waals surface area contributed by atoms with Gasteiger partial charge in [0.15, 0.2) is 0 Å². The minimum atomic E-state index is -0.0751. The van der Waals surface area contributed by atoms with Crippen molar-refractivity contribution >= 4 is 0 Å². The molecule has 1 heterocycles. The topological polar surface area (TPSA) is 71.0 Å². The molecule has 1 aliphatic rings. The summed E-state index contributed by atoms with van der Waals surface area (Å²) < 4.78 is 12.1. The number of nitrogens with one attached hydrogen (secondary N) is 1. The first-order valence-electron chi connectivity index (χ1n) is 10.4. The molecule has 29 heavy (non-hydrogen) atoms. The summed E-state index contributed by atoms with van der Waals surface area (Å²) in [7, 11) is 0. The Kier molecular flexibility index (Phi) is 8.65. The second-order valence-corrected chi connectivity index (χ2v) is 7.92. The summed E-state index contributed by atoms with van der Waals surface area (Å²) >= 11 is 0. The van der Waals surface area contributed by atoms with E-state index in [0.717, 1.165) is 11.1 Å². The van der Waals surface area contributed by atoms with Crippen LogP contribution in [0.2, 0.25) is 0 Å². The standard InChI is InChI=1S/C24H33NO4/c1-18-21(12-26)22(16-28-14-19-8-4-2-5-9-19)23(24(13-27)25-18)17-29-15-20-10-6-3-7-11-20/h2-11,18,21-27H,12-17H2,1H3/t18-,21+,22+,23+,24+/m1/s1. The third-order valence-electron chi connectivity index (χ3n) is 5.99. The Bertz CT molecular complexity index is 697. The summed E-state index contributed by atoms with van der Waals surface area (Å²) in [5, 5.41) is 23.4. The van der Waals surface area contributed by atoms with Crippen LogP contribution < -0.4 is 5.32 Å². The third kappa shape index (κ3) is 6.11. The van der Waals surface area contributed by atoms with Gasteiger partial charge in [-0.3, -0.25) is 0 Å². The van der Waals surface area contributed by atoms with Crippen LogP contribution in [0.15, 0.2) is 60.7 Å². The van der Waals surface area contributed by atoms with Crippen molar-refractivity contribution in [3.8, 4) is 0 Å². The zero-order chi connectivity index (χ0) is 20.5. The molecule has 2 aromatic rings. The van der Waals surface area contributed by atoms with E-state index in [1.54, 1.807) is 0 Å². The van der Waals surface area contributed by atoms with Crippen molar-refractivity contribution in [2.75, 3.05) is 26.4 Å². The van der Waals surface area contributed by atoms with E-state index in [2.05, 4.69) is 12.2 Å². The third-order valence-corrected chi connectivity index (χ3v) is 5.99. The number of benzene rings is 2. The number of rotatable bonds is 10. The minimum Gasteiger partial charge on any atom is -0.396 e. The number of aliphatic hydroxyl groups excluding tert-OH is 2. The van der Waals surface area contributed by atoms with Crippen LogP contribution >= 0.6 is 0 Å². The largest absolute Gasteiger partial charge is 0.396 e. The van der Waals surface area contributed by atoms with Gasteiger partial charge in [-0.2, -0.15) is 0 Å². The highest BCUT2D eigenvalue weighted by Crippen LogP contribution is 2.33. The second kappa shape index (κ2) is 11.4. The lowest BCUT2D eigenvalue weighted by Gasteiger charge is -2.46. The predicted molar refractivity (Wildman–Crippen MR) is 113 cm³/mol. The van der Waals surface area contributed by atoms with Crippen LogP contribution in [0.4, 0.5) is 0 Å². The summed E-state index contributed by atoms with van der Waals surface area (Å²) in [6.07, 6.45) is 0. The van der Waals surface area contributed by atoms with E-state index in [1.165, 1.54) is 0 Å². The number of ether oxygens (including phenoxy) is 2. The van der Waals surface area contributed by atoms with E-state index in [1.807, 2.05) is 60.7 Å². The van der Waals surface area contributed by atoms with Crippen LogP contribution in [0.5, 0.6) is 0 Å². The molecule has 1 saturated heterocycles. The summed E-state index contributed by atoms with van der Waals surface area (Å²) in [6.45, 7) is 4.30. The predicted octanol–water partition coefficient (Wildman–Crippen LogP) is 2.61. The number of piperidine rings is 1. The molecule has 0 aliphatic carbocycles. The first kappa shape index (κ1) is 21.9. The normalized spacial score (nSPS) is 27.1. The molecule has 2 aromatic carbocycles. The van der Waals surface area contributed by atoms with E-state index >= 15 is 0 Å². The first-order valence-corrected chi connectivity index (χ1v) is 10.4. The van der Waals surface area contributed by atoms with Gasteiger partial charge >= 0.3 is 0 Å². The molecule has 0 aromatic heterocycles. The number of hydrogen-bond donors (Lipinski definition) is 3. The van der Waals surface area contributed by atoms with Crippen LogP contribution in [0.3, 0.4) is 0 Å². The molecule has 5 nitrogen and oxygen atoms in total. The van der Waals surface area contributed by atoms with E-state index in [0.29, 0.717) is 26.4 Å². The Labute approximate surface area is 173 Å². The number of aliphatic hydroxyl groups is 2. The monoisotopic (exact) mass is 399 g/mol. The molecular weight excluding hydrogens is 366 g/mol. The van der Waals surface area contributed by atoms with Crippen molar-refractivity contribution in [3.63, 3.8) is 0 Å². The zero-order valence-electron chi connectivity index (χ0n) is 17.1. The molecule has 0 radical (unpaired) electrons. The van der Waals surface area contributed by atoms with Gasteiger partial charge in [0.1, 0.15) is 0 Å². The lowest BCUT2D eigenvalue weighted by molar-refractivity contribution is -0.0629. The van der Waals surface area contributed by atoms with E-state index in [9.17, 15) is 10.2 Å². The van der Waals surface area contributed by atoms with E-state index < -0.39 is 0 Å². The highest BCUT2D eigenvalue weighted by atomic mass is 16.5. The van der Waals surface area contributed by atoms with E-state index in [4.69, 9.17) is 9.47 Å². The summed E-state index contributed by atoms with van der Waals surface area (Å²) in [4.78, 5) is 0.